The van der Waals surface area contributed by atoms with Crippen molar-refractivity contribution in [3.8, 4) is 0 Å². The number of ether oxygens (including phenoxy) is 1. The molecule has 1 aromatic carbocycles. The van der Waals surface area contributed by atoms with E-state index < -0.39 is 0 Å². The molecule has 0 unspecified atom stereocenters. The van der Waals surface area contributed by atoms with Gasteiger partial charge in [-0.1, -0.05) is 0 Å². The summed E-state index contributed by atoms with van der Waals surface area (Å²) in [6.45, 7) is 7.65. The van der Waals surface area contributed by atoms with Gasteiger partial charge in [0, 0.05) is 34.6 Å². The molecule has 0 bridgehead atoms. The van der Waals surface area contributed by atoms with E-state index in [2.05, 4.69) is 0 Å². The van der Waals surface area contributed by atoms with Crippen LogP contribution in [0, 0.1) is 20.8 Å². The van der Waals surface area contributed by atoms with Gasteiger partial charge in [0.1, 0.15) is 16.9 Å². The van der Waals surface area contributed by atoms with Gasteiger partial charge in [0.25, 0.3) is 0 Å². The third-order valence-electron chi connectivity index (χ3n) is 4.42. The van der Waals surface area contributed by atoms with Crippen molar-refractivity contribution in [2.75, 3.05) is 13.2 Å². The van der Waals surface area contributed by atoms with E-state index in [1.54, 1.807) is 0 Å². The molecule has 24 heavy (non-hydrogen) atoms. The predicted molar refractivity (Wildman–Crippen MR) is 94.4 cm³/mol. The number of nitrogens with two attached hydrogens (primary N) is 1. The van der Waals surface area contributed by atoms with Crippen LogP contribution >= 0.6 is 0 Å². The number of rotatable bonds is 6. The summed E-state index contributed by atoms with van der Waals surface area (Å²) in [7, 11) is 0. The fourth-order valence-electron chi connectivity index (χ4n) is 3.05. The second kappa shape index (κ2) is 6.79. The molecular weight excluding hydrogens is 306 g/mol. The lowest BCUT2D eigenvalue weighted by atomic mass is 10.0. The van der Waals surface area contributed by atoms with E-state index in [9.17, 15) is 4.79 Å². The van der Waals surface area contributed by atoms with Crippen molar-refractivity contribution in [3.05, 3.63) is 45.0 Å². The van der Waals surface area contributed by atoms with Crippen molar-refractivity contribution < 1.29 is 13.6 Å². The number of hydrogen-bond acceptors (Lipinski definition) is 5. The maximum Gasteiger partial charge on any atom is 0.336 e. The van der Waals surface area contributed by atoms with Gasteiger partial charge < -0.3 is 19.3 Å². The van der Waals surface area contributed by atoms with Gasteiger partial charge in [-0.15, -0.1) is 0 Å². The number of furan rings is 1. The van der Waals surface area contributed by atoms with Crippen LogP contribution in [0.3, 0.4) is 0 Å². The van der Waals surface area contributed by atoms with Crippen LogP contribution in [0.25, 0.3) is 21.9 Å². The highest BCUT2D eigenvalue weighted by molar-refractivity contribution is 5.99. The summed E-state index contributed by atoms with van der Waals surface area (Å²) < 4.78 is 17.1. The quantitative estimate of drug-likeness (QED) is 0.551. The molecule has 2 heterocycles. The van der Waals surface area contributed by atoms with E-state index in [-0.39, 0.29) is 5.63 Å². The average molecular weight is 329 g/mol. The lowest BCUT2D eigenvalue weighted by Gasteiger charge is -2.06. The predicted octanol–water partition coefficient (Wildman–Crippen LogP) is 3.72. The SMILES string of the molecule is Cc1oc2c(C)c3oc(=O)cc(C)c3cc2c1COCCCCN. The first kappa shape index (κ1) is 16.7. The van der Waals surface area contributed by atoms with Gasteiger partial charge in [-0.05, 0) is 51.8 Å². The summed E-state index contributed by atoms with van der Waals surface area (Å²) in [6.07, 6.45) is 1.92. The molecule has 3 aromatic rings. The van der Waals surface area contributed by atoms with Crippen molar-refractivity contribution in [3.63, 3.8) is 0 Å². The number of hydrogen-bond donors (Lipinski definition) is 1. The van der Waals surface area contributed by atoms with Crippen LogP contribution in [0.4, 0.5) is 0 Å². The maximum absolute atomic E-state index is 11.7. The molecule has 2 N–H and O–H groups in total. The van der Waals surface area contributed by atoms with E-state index in [0.29, 0.717) is 25.3 Å². The summed E-state index contributed by atoms with van der Waals surface area (Å²) in [4.78, 5) is 11.7. The topological polar surface area (TPSA) is 78.6 Å². The number of unbranched alkanes of at least 4 members (excludes halogenated alkanes) is 1. The summed E-state index contributed by atoms with van der Waals surface area (Å²) in [5.41, 5.74) is 9.31. The van der Waals surface area contributed by atoms with Crippen LogP contribution in [0.2, 0.25) is 0 Å². The minimum absolute atomic E-state index is 0.339. The van der Waals surface area contributed by atoms with Crippen molar-refractivity contribution >= 4 is 21.9 Å². The van der Waals surface area contributed by atoms with Gasteiger partial charge in [-0.2, -0.15) is 0 Å². The molecule has 0 aliphatic rings. The lowest BCUT2D eigenvalue weighted by Crippen LogP contribution is -2.02. The molecule has 5 nitrogen and oxygen atoms in total. The Hall–Kier alpha value is -2.11. The van der Waals surface area contributed by atoms with Gasteiger partial charge in [-0.25, -0.2) is 4.79 Å². The van der Waals surface area contributed by atoms with Crippen LogP contribution in [-0.4, -0.2) is 13.2 Å². The number of benzene rings is 1. The summed E-state index contributed by atoms with van der Waals surface area (Å²) in [5, 5.41) is 1.96. The molecule has 0 saturated heterocycles. The molecule has 0 amide bonds. The zero-order chi connectivity index (χ0) is 17.3. The van der Waals surface area contributed by atoms with Gasteiger partial charge in [0.15, 0.2) is 0 Å². The fraction of sp³-hybridized carbons (Fsp3) is 0.421. The first-order valence-electron chi connectivity index (χ1n) is 8.26. The Morgan fingerprint density at radius 3 is 2.54 bits per heavy atom. The zero-order valence-electron chi connectivity index (χ0n) is 14.4. The molecule has 128 valence electrons. The van der Waals surface area contributed by atoms with Crippen LogP contribution in [0.5, 0.6) is 0 Å². The molecule has 0 radical (unpaired) electrons. The van der Waals surface area contributed by atoms with E-state index in [4.69, 9.17) is 19.3 Å². The molecule has 0 aliphatic carbocycles. The van der Waals surface area contributed by atoms with E-state index >= 15 is 0 Å². The molecule has 2 aromatic heterocycles. The molecule has 5 heteroatoms. The zero-order valence-corrected chi connectivity index (χ0v) is 14.4. The van der Waals surface area contributed by atoms with Gasteiger partial charge in [0.05, 0.1) is 6.61 Å². The Bertz CT molecular complexity index is 936. The van der Waals surface area contributed by atoms with Gasteiger partial charge >= 0.3 is 5.63 Å². The average Bonchev–Trinajstić information content (AvgIpc) is 2.85. The Labute approximate surface area is 140 Å². The summed E-state index contributed by atoms with van der Waals surface area (Å²) in [6, 6.07) is 3.55. The normalized spacial score (nSPS) is 11.7. The van der Waals surface area contributed by atoms with Crippen molar-refractivity contribution in [2.24, 2.45) is 5.73 Å². The largest absolute Gasteiger partial charge is 0.461 e. The third kappa shape index (κ3) is 2.97. The smallest absolute Gasteiger partial charge is 0.336 e. The summed E-state index contributed by atoms with van der Waals surface area (Å²) in [5.74, 6) is 0.835. The molecular formula is C19H23NO4. The second-order valence-corrected chi connectivity index (χ2v) is 6.19. The van der Waals surface area contributed by atoms with Crippen molar-refractivity contribution in [2.45, 2.75) is 40.2 Å². The Morgan fingerprint density at radius 2 is 1.79 bits per heavy atom. The van der Waals surface area contributed by atoms with E-state index in [0.717, 1.165) is 51.6 Å². The Morgan fingerprint density at radius 1 is 1.04 bits per heavy atom. The molecule has 0 atom stereocenters. The first-order chi connectivity index (χ1) is 11.5. The fourth-order valence-corrected chi connectivity index (χ4v) is 3.05. The highest BCUT2D eigenvalue weighted by Gasteiger charge is 2.17. The third-order valence-corrected chi connectivity index (χ3v) is 4.42. The summed E-state index contributed by atoms with van der Waals surface area (Å²) >= 11 is 0. The number of fused-ring (bicyclic) bond motifs is 2. The van der Waals surface area contributed by atoms with E-state index in [1.807, 2.05) is 26.8 Å². The minimum atomic E-state index is -0.339. The molecule has 0 saturated carbocycles. The monoisotopic (exact) mass is 329 g/mol. The minimum Gasteiger partial charge on any atom is -0.461 e. The maximum atomic E-state index is 11.7. The van der Waals surface area contributed by atoms with Crippen LogP contribution in [-0.2, 0) is 11.3 Å². The van der Waals surface area contributed by atoms with Crippen LogP contribution in [0.15, 0.2) is 25.8 Å². The standard InChI is InChI=1S/C19H23NO4/c1-11-8-17(21)24-18-12(2)19-15(9-14(11)18)16(13(3)23-19)10-22-7-5-4-6-20/h8-9H,4-7,10,20H2,1-3H3. The lowest BCUT2D eigenvalue weighted by molar-refractivity contribution is 0.117. The first-order valence-corrected chi connectivity index (χ1v) is 8.26. The van der Waals surface area contributed by atoms with Crippen LogP contribution in [0.1, 0.15) is 35.3 Å². The second-order valence-electron chi connectivity index (χ2n) is 6.19. The van der Waals surface area contributed by atoms with Crippen LogP contribution < -0.4 is 11.4 Å². The Kier molecular flexibility index (Phi) is 4.73. The Balaban J connectivity index is 2.05. The molecule has 0 fully saturated rings. The van der Waals surface area contributed by atoms with Gasteiger partial charge in [-0.3, -0.25) is 0 Å². The molecule has 0 aliphatic heterocycles. The van der Waals surface area contributed by atoms with Gasteiger partial charge in [0.2, 0.25) is 0 Å². The highest BCUT2D eigenvalue weighted by atomic mass is 16.5. The van der Waals surface area contributed by atoms with Crippen molar-refractivity contribution in [1.29, 1.82) is 0 Å². The number of aryl methyl sites for hydroxylation is 3. The highest BCUT2D eigenvalue weighted by Crippen LogP contribution is 2.34. The van der Waals surface area contributed by atoms with Crippen molar-refractivity contribution in [1.82, 2.24) is 0 Å². The molecule has 3 rings (SSSR count). The van der Waals surface area contributed by atoms with E-state index in [1.165, 1.54) is 6.07 Å². The molecule has 0 spiro atoms.